The molecule has 0 amide bonds. The molecule has 5 heteroatoms. The molecule has 1 heterocycles. The minimum atomic E-state index is -0.611. The fourth-order valence-electron chi connectivity index (χ4n) is 2.48. The molecule has 108 valence electrons. The fourth-order valence-corrected chi connectivity index (χ4v) is 2.48. The molecule has 1 N–H and O–H groups in total. The van der Waals surface area contributed by atoms with E-state index in [1.165, 1.54) is 31.4 Å². The van der Waals surface area contributed by atoms with Crippen LogP contribution in [-0.2, 0) is 0 Å². The number of benzene rings is 2. The van der Waals surface area contributed by atoms with E-state index in [0.29, 0.717) is 16.9 Å². The highest BCUT2D eigenvalue weighted by Crippen LogP contribution is 2.39. The number of rotatable bonds is 2. The van der Waals surface area contributed by atoms with E-state index in [0.717, 1.165) is 0 Å². The van der Waals surface area contributed by atoms with E-state index in [-0.39, 0.29) is 23.7 Å². The average Bonchev–Trinajstić information content (AvgIpc) is 2.47. The van der Waals surface area contributed by atoms with E-state index in [1.807, 2.05) is 0 Å². The van der Waals surface area contributed by atoms with Crippen LogP contribution in [0, 0.1) is 5.82 Å². The summed E-state index contributed by atoms with van der Waals surface area (Å²) in [6, 6.07) is 8.85. The Bertz CT molecular complexity index is 711. The highest BCUT2D eigenvalue weighted by atomic mass is 19.1. The second-order valence-electron chi connectivity index (χ2n) is 4.78. The molecule has 0 spiro atoms. The van der Waals surface area contributed by atoms with Crippen LogP contribution in [0.1, 0.15) is 28.4 Å². The summed E-state index contributed by atoms with van der Waals surface area (Å²) in [5.41, 5.74) is 0.825. The van der Waals surface area contributed by atoms with Gasteiger partial charge in [0.05, 0.1) is 19.1 Å². The van der Waals surface area contributed by atoms with E-state index in [2.05, 4.69) is 0 Å². The number of para-hydroxylation sites is 1. The van der Waals surface area contributed by atoms with Crippen LogP contribution in [-0.4, -0.2) is 18.0 Å². The van der Waals surface area contributed by atoms with Gasteiger partial charge in [0, 0.05) is 5.56 Å². The number of halogens is 1. The lowest BCUT2D eigenvalue weighted by atomic mass is 9.95. The molecule has 0 saturated heterocycles. The number of methoxy groups -OCH3 is 1. The van der Waals surface area contributed by atoms with Crippen LogP contribution >= 0.6 is 0 Å². The van der Waals surface area contributed by atoms with Gasteiger partial charge >= 0.3 is 0 Å². The second-order valence-corrected chi connectivity index (χ2v) is 4.78. The van der Waals surface area contributed by atoms with Crippen molar-refractivity contribution in [1.82, 2.24) is 0 Å². The van der Waals surface area contributed by atoms with Crippen molar-refractivity contribution in [3.05, 3.63) is 53.3 Å². The second kappa shape index (κ2) is 5.09. The number of phenols is 1. The predicted molar refractivity (Wildman–Crippen MR) is 73.4 cm³/mol. The molecule has 0 aromatic heterocycles. The maximum Gasteiger partial charge on any atom is 0.170 e. The smallest absolute Gasteiger partial charge is 0.170 e. The molecule has 0 bridgehead atoms. The molecule has 1 aliphatic heterocycles. The predicted octanol–water partition coefficient (Wildman–Crippen LogP) is 3.25. The number of fused-ring (bicyclic) bond motifs is 1. The van der Waals surface area contributed by atoms with Gasteiger partial charge in [-0.25, -0.2) is 4.39 Å². The Morgan fingerprint density at radius 3 is 2.90 bits per heavy atom. The van der Waals surface area contributed by atoms with Crippen molar-refractivity contribution < 1.29 is 23.8 Å². The third-order valence-electron chi connectivity index (χ3n) is 3.45. The number of ether oxygens (including phenoxy) is 2. The number of ketones is 1. The van der Waals surface area contributed by atoms with Crippen LogP contribution in [0.5, 0.6) is 17.2 Å². The number of hydrogen-bond acceptors (Lipinski definition) is 4. The summed E-state index contributed by atoms with van der Waals surface area (Å²) in [4.78, 5) is 12.2. The van der Waals surface area contributed by atoms with Crippen molar-refractivity contribution in [1.29, 1.82) is 0 Å². The number of hydrogen-bond donors (Lipinski definition) is 1. The molecule has 2 aromatic rings. The summed E-state index contributed by atoms with van der Waals surface area (Å²) < 4.78 is 24.6. The maximum absolute atomic E-state index is 13.8. The number of phenolic OH excluding ortho intramolecular Hbond substituents is 1. The van der Waals surface area contributed by atoms with Gasteiger partial charge in [-0.3, -0.25) is 4.79 Å². The summed E-state index contributed by atoms with van der Waals surface area (Å²) in [7, 11) is 1.37. The van der Waals surface area contributed by atoms with Crippen LogP contribution in [0.15, 0.2) is 36.4 Å². The van der Waals surface area contributed by atoms with Gasteiger partial charge in [-0.05, 0) is 24.3 Å². The van der Waals surface area contributed by atoms with E-state index in [4.69, 9.17) is 9.47 Å². The van der Waals surface area contributed by atoms with E-state index < -0.39 is 11.9 Å². The topological polar surface area (TPSA) is 55.8 Å². The highest BCUT2D eigenvalue weighted by Gasteiger charge is 2.30. The van der Waals surface area contributed by atoms with Crippen LogP contribution in [0.2, 0.25) is 0 Å². The van der Waals surface area contributed by atoms with Crippen LogP contribution in [0.25, 0.3) is 0 Å². The monoisotopic (exact) mass is 288 g/mol. The average molecular weight is 288 g/mol. The quantitative estimate of drug-likeness (QED) is 0.921. The van der Waals surface area contributed by atoms with Gasteiger partial charge in [0.15, 0.2) is 17.3 Å². The minimum Gasteiger partial charge on any atom is -0.508 e. The summed E-state index contributed by atoms with van der Waals surface area (Å²) in [5.74, 6) is -0.198. The van der Waals surface area contributed by atoms with Crippen LogP contribution < -0.4 is 9.47 Å². The highest BCUT2D eigenvalue weighted by molar-refractivity contribution is 6.00. The van der Waals surface area contributed by atoms with Gasteiger partial charge in [0.25, 0.3) is 0 Å². The van der Waals surface area contributed by atoms with Crippen LogP contribution in [0.4, 0.5) is 4.39 Å². The van der Waals surface area contributed by atoms with Gasteiger partial charge in [-0.1, -0.05) is 12.1 Å². The van der Waals surface area contributed by atoms with Gasteiger partial charge < -0.3 is 14.6 Å². The zero-order valence-corrected chi connectivity index (χ0v) is 11.3. The van der Waals surface area contributed by atoms with Crippen LogP contribution in [0.3, 0.4) is 0 Å². The van der Waals surface area contributed by atoms with Gasteiger partial charge in [-0.2, -0.15) is 0 Å². The lowest BCUT2D eigenvalue weighted by molar-refractivity contribution is 0.0845. The molecule has 4 nitrogen and oxygen atoms in total. The Morgan fingerprint density at radius 1 is 1.33 bits per heavy atom. The molecule has 3 rings (SSSR count). The van der Waals surface area contributed by atoms with Crippen molar-refractivity contribution in [3.8, 4) is 17.2 Å². The standard InChI is InChI=1S/C16H13FO4/c1-20-16-10(3-2-4-12(16)17)15-8-13(19)11-7-9(18)5-6-14(11)21-15/h2-7,15,18H,8H2,1H3. The van der Waals surface area contributed by atoms with Crippen molar-refractivity contribution in [2.24, 2.45) is 0 Å². The molecular formula is C16H13FO4. The first-order valence-corrected chi connectivity index (χ1v) is 6.45. The van der Waals surface area contributed by atoms with Crippen molar-refractivity contribution in [3.63, 3.8) is 0 Å². The van der Waals surface area contributed by atoms with E-state index >= 15 is 0 Å². The third-order valence-corrected chi connectivity index (χ3v) is 3.45. The molecule has 2 aromatic carbocycles. The zero-order valence-electron chi connectivity index (χ0n) is 11.3. The first-order valence-electron chi connectivity index (χ1n) is 6.45. The first kappa shape index (κ1) is 13.4. The largest absolute Gasteiger partial charge is 0.508 e. The molecule has 0 aliphatic carbocycles. The lowest BCUT2D eigenvalue weighted by Crippen LogP contribution is -2.21. The molecule has 0 fully saturated rings. The summed E-state index contributed by atoms with van der Waals surface area (Å²) >= 11 is 0. The lowest BCUT2D eigenvalue weighted by Gasteiger charge is -2.26. The SMILES string of the molecule is COc1c(F)cccc1C1CC(=O)c2cc(O)ccc2O1. The molecule has 21 heavy (non-hydrogen) atoms. The minimum absolute atomic E-state index is 0.00693. The third kappa shape index (κ3) is 2.31. The normalized spacial score (nSPS) is 17.0. The fraction of sp³-hybridized carbons (Fsp3) is 0.188. The Balaban J connectivity index is 2.02. The molecule has 1 atom stereocenters. The Morgan fingerprint density at radius 2 is 2.14 bits per heavy atom. The van der Waals surface area contributed by atoms with Crippen molar-refractivity contribution >= 4 is 5.78 Å². The Hall–Kier alpha value is -2.56. The molecule has 1 aliphatic rings. The summed E-state index contributed by atoms with van der Waals surface area (Å²) in [5, 5.41) is 9.43. The van der Waals surface area contributed by atoms with Crippen molar-refractivity contribution in [2.45, 2.75) is 12.5 Å². The van der Waals surface area contributed by atoms with Crippen molar-refractivity contribution in [2.75, 3.05) is 7.11 Å². The first-order chi connectivity index (χ1) is 10.1. The summed E-state index contributed by atoms with van der Waals surface area (Å²) in [6.45, 7) is 0. The molecular weight excluding hydrogens is 275 g/mol. The van der Waals surface area contributed by atoms with E-state index in [9.17, 15) is 14.3 Å². The number of carbonyl (C=O) groups is 1. The molecule has 1 unspecified atom stereocenters. The molecule has 0 radical (unpaired) electrons. The van der Waals surface area contributed by atoms with E-state index in [1.54, 1.807) is 12.1 Å². The number of carbonyl (C=O) groups excluding carboxylic acids is 1. The zero-order chi connectivity index (χ0) is 15.0. The number of aromatic hydroxyl groups is 1. The Kier molecular flexibility index (Phi) is 3.25. The van der Waals surface area contributed by atoms with Gasteiger partial charge in [0.2, 0.25) is 0 Å². The maximum atomic E-state index is 13.8. The van der Waals surface area contributed by atoms with Gasteiger partial charge in [-0.15, -0.1) is 0 Å². The van der Waals surface area contributed by atoms with Gasteiger partial charge in [0.1, 0.15) is 17.6 Å². The Labute approximate surface area is 120 Å². The summed E-state index contributed by atoms with van der Waals surface area (Å²) in [6.07, 6.45) is -0.545. The molecule has 0 saturated carbocycles. The number of Topliss-reactive ketones (excluding diaryl/α,β-unsaturated/α-hetero) is 1.